The topological polar surface area (TPSA) is 76.6 Å². The van der Waals surface area contributed by atoms with E-state index in [0.29, 0.717) is 18.3 Å². The summed E-state index contributed by atoms with van der Waals surface area (Å²) in [5, 5.41) is 11.7. The molecule has 0 spiro atoms. The summed E-state index contributed by atoms with van der Waals surface area (Å²) in [7, 11) is 0. The van der Waals surface area contributed by atoms with Crippen molar-refractivity contribution < 1.29 is 14.7 Å². The highest BCUT2D eigenvalue weighted by Crippen LogP contribution is 2.49. The van der Waals surface area contributed by atoms with Crippen molar-refractivity contribution in [3.05, 3.63) is 63.8 Å². The van der Waals surface area contributed by atoms with Gasteiger partial charge in [-0.3, -0.25) is 14.6 Å². The number of fused-ring (bicyclic) bond motifs is 4. The number of halogens is 2. The molecular formula is C22H19Br2N3O3. The van der Waals surface area contributed by atoms with Crippen LogP contribution in [0, 0.1) is 0 Å². The first kappa shape index (κ1) is 19.6. The van der Waals surface area contributed by atoms with Crippen LogP contribution in [-0.4, -0.2) is 49.2 Å². The highest BCUT2D eigenvalue weighted by atomic mass is 79.9. The number of urea groups is 1. The molecular weight excluding hydrogens is 514 g/mol. The van der Waals surface area contributed by atoms with Crippen LogP contribution in [0.2, 0.25) is 0 Å². The molecule has 154 valence electrons. The Morgan fingerprint density at radius 1 is 1.23 bits per heavy atom. The number of aromatic nitrogens is 1. The first-order valence-electron chi connectivity index (χ1n) is 9.65. The van der Waals surface area contributed by atoms with Crippen molar-refractivity contribution in [2.75, 3.05) is 11.9 Å². The fraction of sp³-hybridized carbons (Fsp3) is 0.273. The zero-order valence-corrected chi connectivity index (χ0v) is 19.3. The number of H-pyrrole nitrogens is 1. The van der Waals surface area contributed by atoms with E-state index >= 15 is 0 Å². The van der Waals surface area contributed by atoms with Crippen molar-refractivity contribution in [3.8, 4) is 5.75 Å². The first-order chi connectivity index (χ1) is 14.3. The summed E-state index contributed by atoms with van der Waals surface area (Å²) in [5.74, 6) is -0.0671. The molecule has 1 saturated heterocycles. The largest absolute Gasteiger partial charge is 0.508 e. The normalized spacial score (nSPS) is 23.2. The number of phenols is 1. The molecule has 0 radical (unpaired) electrons. The van der Waals surface area contributed by atoms with E-state index in [1.54, 1.807) is 23.1 Å². The van der Waals surface area contributed by atoms with Crippen LogP contribution in [0.5, 0.6) is 5.75 Å². The summed E-state index contributed by atoms with van der Waals surface area (Å²) in [4.78, 5) is 33.3. The number of alkyl halides is 1. The van der Waals surface area contributed by atoms with E-state index in [1.807, 2.05) is 31.2 Å². The molecule has 2 aliphatic rings. The number of imide groups is 1. The fourth-order valence-electron chi connectivity index (χ4n) is 4.81. The molecule has 3 aromatic rings. The summed E-state index contributed by atoms with van der Waals surface area (Å²) in [6.07, 6.45) is 0.428. The third-order valence-electron chi connectivity index (χ3n) is 6.12. The van der Waals surface area contributed by atoms with Crippen molar-refractivity contribution in [1.29, 1.82) is 0 Å². The smallest absolute Gasteiger partial charge is 0.328 e. The van der Waals surface area contributed by atoms with Gasteiger partial charge in [0.1, 0.15) is 17.3 Å². The van der Waals surface area contributed by atoms with Crippen molar-refractivity contribution in [2.45, 2.75) is 24.9 Å². The molecule has 2 atom stereocenters. The quantitative estimate of drug-likeness (QED) is 0.379. The van der Waals surface area contributed by atoms with Crippen LogP contribution in [-0.2, 0) is 11.2 Å². The molecule has 2 aliphatic heterocycles. The third-order valence-corrected chi connectivity index (χ3v) is 6.97. The average Bonchev–Trinajstić information content (AvgIpc) is 3.15. The lowest BCUT2D eigenvalue weighted by atomic mass is 9.81. The molecule has 0 aliphatic carbocycles. The Kier molecular flexibility index (Phi) is 4.48. The molecule has 2 N–H and O–H groups in total. The van der Waals surface area contributed by atoms with Gasteiger partial charge in [0.25, 0.3) is 5.91 Å². The lowest BCUT2D eigenvalue weighted by molar-refractivity contribution is -0.133. The molecule has 30 heavy (non-hydrogen) atoms. The molecule has 8 heteroatoms. The molecule has 1 fully saturated rings. The lowest BCUT2D eigenvalue weighted by Crippen LogP contribution is -2.53. The Bertz CT molecular complexity index is 1210. The van der Waals surface area contributed by atoms with Gasteiger partial charge in [-0.15, -0.1) is 0 Å². The van der Waals surface area contributed by atoms with Gasteiger partial charge < -0.3 is 10.1 Å². The van der Waals surface area contributed by atoms with E-state index in [-0.39, 0.29) is 17.7 Å². The summed E-state index contributed by atoms with van der Waals surface area (Å²) >= 11 is 6.90. The fourth-order valence-corrected chi connectivity index (χ4v) is 5.52. The predicted molar refractivity (Wildman–Crippen MR) is 121 cm³/mol. The van der Waals surface area contributed by atoms with Gasteiger partial charge >= 0.3 is 6.03 Å². The number of amides is 3. The van der Waals surface area contributed by atoms with Crippen LogP contribution < -0.4 is 0 Å². The number of hydrogen-bond donors (Lipinski definition) is 2. The van der Waals surface area contributed by atoms with Crippen molar-refractivity contribution >= 4 is 54.7 Å². The Hall–Kier alpha value is -2.32. The molecule has 5 rings (SSSR count). The number of carbonyl (C=O) groups excluding carboxylic acids is 2. The van der Waals surface area contributed by atoms with Gasteiger partial charge in [-0.2, -0.15) is 0 Å². The van der Waals surface area contributed by atoms with Crippen molar-refractivity contribution in [2.24, 2.45) is 0 Å². The third kappa shape index (κ3) is 2.66. The van der Waals surface area contributed by atoms with E-state index in [4.69, 9.17) is 0 Å². The van der Waals surface area contributed by atoms with Gasteiger partial charge in [0, 0.05) is 39.4 Å². The lowest BCUT2D eigenvalue weighted by Gasteiger charge is -2.42. The van der Waals surface area contributed by atoms with Crippen LogP contribution in [0.15, 0.2) is 46.9 Å². The number of aromatic amines is 1. The van der Waals surface area contributed by atoms with Gasteiger partial charge in [0.05, 0.1) is 0 Å². The summed E-state index contributed by atoms with van der Waals surface area (Å²) in [6.45, 7) is 2.16. The van der Waals surface area contributed by atoms with E-state index in [1.165, 1.54) is 4.90 Å². The maximum atomic E-state index is 13.4. The molecule has 0 unspecified atom stereocenters. The maximum Gasteiger partial charge on any atom is 0.328 e. The standard InChI is InChI=1S/C22H19Br2N3O3/c1-22-11-16-15-10-13(24)5-6-17(15)25-18(16)19(12-3-2-4-14(28)9-12)27(22)21(30)26(8-7-23)20(22)29/h2-6,9-10,19,25,28H,7-8,11H2,1H3/t19-,22+/m1/s1. The Morgan fingerprint density at radius 2 is 2.03 bits per heavy atom. The first-order valence-corrected chi connectivity index (χ1v) is 11.6. The zero-order chi connectivity index (χ0) is 21.2. The number of aromatic hydroxyl groups is 1. The molecule has 3 amide bonds. The van der Waals surface area contributed by atoms with E-state index in [0.717, 1.165) is 32.2 Å². The number of phenolic OH excluding ortho intramolecular Hbond substituents is 1. The minimum atomic E-state index is -1.00. The van der Waals surface area contributed by atoms with Crippen LogP contribution >= 0.6 is 31.9 Å². The molecule has 6 nitrogen and oxygen atoms in total. The number of nitrogens with zero attached hydrogens (tertiary/aromatic N) is 2. The number of benzene rings is 2. The van der Waals surface area contributed by atoms with Crippen molar-refractivity contribution in [3.63, 3.8) is 0 Å². The van der Waals surface area contributed by atoms with Gasteiger partial charge in [-0.1, -0.05) is 44.0 Å². The average molecular weight is 533 g/mol. The second kappa shape index (κ2) is 6.85. The summed E-state index contributed by atoms with van der Waals surface area (Å²) < 4.78 is 0.952. The van der Waals surface area contributed by atoms with Crippen molar-refractivity contribution in [1.82, 2.24) is 14.8 Å². The van der Waals surface area contributed by atoms with Gasteiger partial charge in [0.2, 0.25) is 0 Å². The predicted octanol–water partition coefficient (Wildman–Crippen LogP) is 4.70. The van der Waals surface area contributed by atoms with E-state index < -0.39 is 11.6 Å². The molecule has 2 aromatic carbocycles. The minimum Gasteiger partial charge on any atom is -0.508 e. The molecule has 1 aromatic heterocycles. The molecule has 0 bridgehead atoms. The van der Waals surface area contributed by atoms with Gasteiger partial charge in [-0.25, -0.2) is 4.79 Å². The summed E-state index contributed by atoms with van der Waals surface area (Å²) in [6, 6.07) is 12.1. The monoisotopic (exact) mass is 531 g/mol. The Labute approximate surface area is 190 Å². The number of hydrogen-bond acceptors (Lipinski definition) is 3. The van der Waals surface area contributed by atoms with Gasteiger partial charge in [-0.05, 0) is 48.4 Å². The molecule has 0 saturated carbocycles. The van der Waals surface area contributed by atoms with Crippen LogP contribution in [0.1, 0.15) is 29.8 Å². The second-order valence-corrected chi connectivity index (χ2v) is 9.66. The van der Waals surface area contributed by atoms with Gasteiger partial charge in [0.15, 0.2) is 0 Å². The van der Waals surface area contributed by atoms with Crippen LogP contribution in [0.25, 0.3) is 10.9 Å². The number of carbonyl (C=O) groups is 2. The van der Waals surface area contributed by atoms with Crippen LogP contribution in [0.3, 0.4) is 0 Å². The second-order valence-electron chi connectivity index (χ2n) is 7.95. The van der Waals surface area contributed by atoms with Crippen LogP contribution in [0.4, 0.5) is 4.79 Å². The van der Waals surface area contributed by atoms with E-state index in [2.05, 4.69) is 36.8 Å². The Morgan fingerprint density at radius 3 is 2.77 bits per heavy atom. The maximum absolute atomic E-state index is 13.4. The Balaban J connectivity index is 1.79. The highest BCUT2D eigenvalue weighted by Gasteiger charge is 2.59. The highest BCUT2D eigenvalue weighted by molar-refractivity contribution is 9.10. The SMILES string of the molecule is C[C@@]12Cc3c([nH]c4ccc(Br)cc34)[C@@H](c3cccc(O)c3)N1C(=O)N(CCBr)C2=O. The van der Waals surface area contributed by atoms with E-state index in [9.17, 15) is 14.7 Å². The zero-order valence-electron chi connectivity index (χ0n) is 16.2. The number of rotatable bonds is 3. The number of nitrogens with one attached hydrogen (secondary N) is 1. The molecule has 3 heterocycles. The minimum absolute atomic E-state index is 0.121. The summed E-state index contributed by atoms with van der Waals surface area (Å²) in [5.41, 5.74) is 2.62.